The molecule has 1 aromatic heterocycles. The van der Waals surface area contributed by atoms with Crippen LogP contribution >= 0.6 is 11.6 Å². The first-order chi connectivity index (χ1) is 12.3. The van der Waals surface area contributed by atoms with Crippen LogP contribution in [0.4, 0.5) is 32.0 Å². The molecule has 0 atom stereocenters. The fraction of sp³-hybridized carbons (Fsp3) is 0.200. The predicted molar refractivity (Wildman–Crippen MR) is 82.5 cm³/mol. The standard InChI is InChI=1S/C15H9ClF6N2O3/c16-11-5-8(14(17,18)19)6-24(13(11)26)7-12(25)23-9-1-3-10(4-2-9)27-15(20,21)22/h1-6H,7H2,(H,23,25). The number of halogens is 7. The third-order valence-electron chi connectivity index (χ3n) is 3.06. The van der Waals surface area contributed by atoms with Crippen LogP contribution in [0.1, 0.15) is 5.56 Å². The van der Waals surface area contributed by atoms with Crippen molar-refractivity contribution >= 4 is 23.2 Å². The van der Waals surface area contributed by atoms with Gasteiger partial charge < -0.3 is 14.6 Å². The van der Waals surface area contributed by atoms with E-state index in [1.165, 1.54) is 0 Å². The quantitative estimate of drug-likeness (QED) is 0.768. The zero-order chi connectivity index (χ0) is 20.4. The van der Waals surface area contributed by atoms with Crippen LogP contribution in [0.5, 0.6) is 5.75 Å². The van der Waals surface area contributed by atoms with E-state index in [0.29, 0.717) is 16.8 Å². The molecule has 0 bridgehead atoms. The largest absolute Gasteiger partial charge is 0.573 e. The summed E-state index contributed by atoms with van der Waals surface area (Å²) in [6.45, 7) is -0.788. The highest BCUT2D eigenvalue weighted by Crippen LogP contribution is 2.29. The minimum atomic E-state index is -4.88. The minimum Gasteiger partial charge on any atom is -0.406 e. The molecule has 0 aliphatic rings. The fourth-order valence-electron chi connectivity index (χ4n) is 1.97. The summed E-state index contributed by atoms with van der Waals surface area (Å²) < 4.78 is 78.6. The summed E-state index contributed by atoms with van der Waals surface area (Å²) in [7, 11) is 0. The summed E-state index contributed by atoms with van der Waals surface area (Å²) in [5.41, 5.74) is -2.18. The van der Waals surface area contributed by atoms with Crippen molar-refractivity contribution in [3.63, 3.8) is 0 Å². The van der Waals surface area contributed by atoms with Gasteiger partial charge in [0.1, 0.15) is 17.3 Å². The van der Waals surface area contributed by atoms with Crippen molar-refractivity contribution in [2.45, 2.75) is 19.1 Å². The molecule has 0 unspecified atom stereocenters. The average Bonchev–Trinajstić information content (AvgIpc) is 2.51. The second-order valence-electron chi connectivity index (χ2n) is 5.13. The molecule has 0 saturated heterocycles. The lowest BCUT2D eigenvalue weighted by Gasteiger charge is -2.12. The van der Waals surface area contributed by atoms with Crippen LogP contribution in [0, 0.1) is 0 Å². The van der Waals surface area contributed by atoms with Crippen molar-refractivity contribution in [1.29, 1.82) is 0 Å². The van der Waals surface area contributed by atoms with E-state index in [9.17, 15) is 35.9 Å². The molecule has 0 fully saturated rings. The summed E-state index contributed by atoms with van der Waals surface area (Å²) in [5.74, 6) is -1.42. The first-order valence-electron chi connectivity index (χ1n) is 6.98. The Bertz CT molecular complexity index is 890. The monoisotopic (exact) mass is 414 g/mol. The van der Waals surface area contributed by atoms with Gasteiger partial charge >= 0.3 is 12.5 Å². The second kappa shape index (κ2) is 7.51. The number of nitrogens with zero attached hydrogens (tertiary/aromatic N) is 1. The number of rotatable bonds is 4. The molecular formula is C15H9ClF6N2O3. The number of hydrogen-bond acceptors (Lipinski definition) is 3. The van der Waals surface area contributed by atoms with Crippen molar-refractivity contribution < 1.29 is 35.9 Å². The maximum absolute atomic E-state index is 12.8. The van der Waals surface area contributed by atoms with Crippen molar-refractivity contribution in [3.05, 3.63) is 57.5 Å². The van der Waals surface area contributed by atoms with E-state index in [4.69, 9.17) is 11.6 Å². The van der Waals surface area contributed by atoms with Crippen LogP contribution in [0.25, 0.3) is 0 Å². The number of anilines is 1. The van der Waals surface area contributed by atoms with Crippen molar-refractivity contribution in [3.8, 4) is 5.75 Å². The summed E-state index contributed by atoms with van der Waals surface area (Å²) in [6, 6.07) is 4.46. The number of carbonyl (C=O) groups is 1. The summed E-state index contributed by atoms with van der Waals surface area (Å²) in [5, 5.41) is 1.51. The van der Waals surface area contributed by atoms with Crippen LogP contribution in [-0.4, -0.2) is 16.8 Å². The Morgan fingerprint density at radius 2 is 1.70 bits per heavy atom. The van der Waals surface area contributed by atoms with Crippen LogP contribution in [0.2, 0.25) is 5.02 Å². The molecule has 1 N–H and O–H groups in total. The lowest BCUT2D eigenvalue weighted by atomic mass is 10.2. The fourth-order valence-corrected chi connectivity index (χ4v) is 2.19. The first kappa shape index (κ1) is 20.6. The molecule has 2 aromatic rings. The van der Waals surface area contributed by atoms with Crippen LogP contribution in [0.3, 0.4) is 0 Å². The van der Waals surface area contributed by atoms with Crippen LogP contribution in [0.15, 0.2) is 41.3 Å². The number of carbonyl (C=O) groups excluding carboxylic acids is 1. The van der Waals surface area contributed by atoms with Gasteiger partial charge in [0.15, 0.2) is 0 Å². The number of aromatic nitrogens is 1. The maximum Gasteiger partial charge on any atom is 0.573 e. The van der Waals surface area contributed by atoms with Gasteiger partial charge in [0, 0.05) is 11.9 Å². The zero-order valence-corrected chi connectivity index (χ0v) is 13.7. The molecule has 0 aliphatic carbocycles. The van der Waals surface area contributed by atoms with Gasteiger partial charge in [-0.2, -0.15) is 13.2 Å². The molecule has 0 radical (unpaired) electrons. The Morgan fingerprint density at radius 3 is 2.22 bits per heavy atom. The normalized spacial score (nSPS) is 12.0. The van der Waals surface area contributed by atoms with Gasteiger partial charge in [-0.25, -0.2) is 0 Å². The summed E-state index contributed by atoms with van der Waals surface area (Å²) in [4.78, 5) is 23.7. The van der Waals surface area contributed by atoms with Crippen molar-refractivity contribution in [1.82, 2.24) is 4.57 Å². The molecule has 27 heavy (non-hydrogen) atoms. The van der Waals surface area contributed by atoms with Gasteiger partial charge in [0.25, 0.3) is 5.56 Å². The average molecular weight is 415 g/mol. The number of amides is 1. The van der Waals surface area contributed by atoms with E-state index in [1.807, 2.05) is 0 Å². The molecular weight excluding hydrogens is 406 g/mol. The van der Waals surface area contributed by atoms with Crippen molar-refractivity contribution in [2.24, 2.45) is 0 Å². The van der Waals surface area contributed by atoms with E-state index < -0.39 is 46.9 Å². The minimum absolute atomic E-state index is 0.0423. The Balaban J connectivity index is 2.12. The van der Waals surface area contributed by atoms with E-state index in [0.717, 1.165) is 24.3 Å². The Kier molecular flexibility index (Phi) is 5.73. The molecule has 0 saturated carbocycles. The molecule has 1 heterocycles. The first-order valence-corrected chi connectivity index (χ1v) is 7.36. The summed E-state index contributed by atoms with van der Waals surface area (Å²) in [6.07, 6.45) is -9.22. The molecule has 1 amide bonds. The van der Waals surface area contributed by atoms with Crippen LogP contribution in [-0.2, 0) is 17.5 Å². The van der Waals surface area contributed by atoms with E-state index >= 15 is 0 Å². The number of benzene rings is 1. The topological polar surface area (TPSA) is 60.3 Å². The van der Waals surface area contributed by atoms with Gasteiger partial charge in [-0.15, -0.1) is 13.2 Å². The third kappa shape index (κ3) is 5.91. The van der Waals surface area contributed by atoms with Gasteiger partial charge in [-0.05, 0) is 30.3 Å². The highest BCUT2D eigenvalue weighted by Gasteiger charge is 2.32. The highest BCUT2D eigenvalue weighted by molar-refractivity contribution is 6.30. The van der Waals surface area contributed by atoms with Gasteiger partial charge in [-0.1, -0.05) is 11.6 Å². The Labute approximate surface area is 152 Å². The van der Waals surface area contributed by atoms with Gasteiger partial charge in [-0.3, -0.25) is 9.59 Å². The Hall–Kier alpha value is -2.69. The smallest absolute Gasteiger partial charge is 0.406 e. The van der Waals surface area contributed by atoms with E-state index in [2.05, 4.69) is 10.1 Å². The van der Waals surface area contributed by atoms with Crippen LogP contribution < -0.4 is 15.6 Å². The number of hydrogen-bond donors (Lipinski definition) is 1. The maximum atomic E-state index is 12.8. The SMILES string of the molecule is O=C(Cn1cc(C(F)(F)F)cc(Cl)c1=O)Nc1ccc(OC(F)(F)F)cc1. The second-order valence-corrected chi connectivity index (χ2v) is 5.54. The highest BCUT2D eigenvalue weighted by atomic mass is 35.5. The lowest BCUT2D eigenvalue weighted by molar-refractivity contribution is -0.274. The number of pyridine rings is 1. The van der Waals surface area contributed by atoms with Gasteiger partial charge in [0.2, 0.25) is 5.91 Å². The number of ether oxygens (including phenoxy) is 1. The predicted octanol–water partition coefficient (Wildman–Crippen LogP) is 4.06. The molecule has 0 spiro atoms. The Morgan fingerprint density at radius 1 is 1.11 bits per heavy atom. The number of alkyl halides is 6. The molecule has 12 heteroatoms. The molecule has 0 aliphatic heterocycles. The molecule has 5 nitrogen and oxygen atoms in total. The lowest BCUT2D eigenvalue weighted by Crippen LogP contribution is -2.29. The summed E-state index contributed by atoms with van der Waals surface area (Å²) >= 11 is 5.47. The number of nitrogens with one attached hydrogen (secondary N) is 1. The van der Waals surface area contributed by atoms with Crippen molar-refractivity contribution in [2.75, 3.05) is 5.32 Å². The molecule has 146 valence electrons. The van der Waals surface area contributed by atoms with Gasteiger partial charge in [0.05, 0.1) is 5.56 Å². The van der Waals surface area contributed by atoms with E-state index in [1.54, 1.807) is 0 Å². The third-order valence-corrected chi connectivity index (χ3v) is 3.33. The molecule has 1 aromatic carbocycles. The molecule has 2 rings (SSSR count). The van der Waals surface area contributed by atoms with E-state index in [-0.39, 0.29) is 5.69 Å². The zero-order valence-electron chi connectivity index (χ0n) is 13.0.